The lowest BCUT2D eigenvalue weighted by Crippen LogP contribution is -2.63. The van der Waals surface area contributed by atoms with Crippen LogP contribution >= 0.6 is 0 Å². The Kier molecular flexibility index (Phi) is 4.53. The molecule has 0 atom stereocenters. The van der Waals surface area contributed by atoms with E-state index >= 15 is 0 Å². The van der Waals surface area contributed by atoms with Crippen LogP contribution in [0.1, 0.15) is 45.1 Å². The number of ether oxygens (including phenoxy) is 1. The molecule has 1 heterocycles. The van der Waals surface area contributed by atoms with Gasteiger partial charge in [-0.15, -0.1) is 0 Å². The average Bonchev–Trinajstić information content (AvgIpc) is 2.41. The molecule has 1 saturated carbocycles. The molecule has 2 aliphatic rings. The molecule has 2 fully saturated rings. The highest BCUT2D eigenvalue weighted by Crippen LogP contribution is 2.56. The summed E-state index contributed by atoms with van der Waals surface area (Å²) in [7, 11) is -5.31. The number of amides is 1. The lowest BCUT2D eigenvalue weighted by atomic mass is 9.56. The van der Waals surface area contributed by atoms with E-state index in [4.69, 9.17) is 4.74 Å². The zero-order chi connectivity index (χ0) is 20.3. The Labute approximate surface area is 156 Å². The third kappa shape index (κ3) is 3.79. The first kappa shape index (κ1) is 20.0. The van der Waals surface area contributed by atoms with Crippen molar-refractivity contribution in [2.75, 3.05) is 13.1 Å². The Balaban J connectivity index is 1.56. The molecule has 1 saturated heterocycles. The second-order valence-electron chi connectivity index (χ2n) is 8.46. The first-order chi connectivity index (χ1) is 12.2. The van der Waals surface area contributed by atoms with Gasteiger partial charge in [-0.25, -0.2) is 13.2 Å². The first-order valence-corrected chi connectivity index (χ1v) is 10.1. The number of likely N-dealkylation sites (tertiary alicyclic amines) is 1. The molecule has 1 aliphatic carbocycles. The van der Waals surface area contributed by atoms with Crippen molar-refractivity contribution in [2.45, 2.75) is 55.5 Å². The number of sulfone groups is 1. The summed E-state index contributed by atoms with van der Waals surface area (Å²) in [6, 6.07) is 4.91. The summed E-state index contributed by atoms with van der Waals surface area (Å²) in [5, 5.41) is 0. The molecule has 1 aliphatic heterocycles. The number of hydrogen-bond donors (Lipinski definition) is 0. The monoisotopic (exact) mass is 405 g/mol. The van der Waals surface area contributed by atoms with Gasteiger partial charge in [-0.1, -0.05) is 12.1 Å². The molecule has 150 valence electrons. The van der Waals surface area contributed by atoms with Crippen LogP contribution in [0.3, 0.4) is 0 Å². The molecule has 0 N–H and O–H groups in total. The van der Waals surface area contributed by atoms with Gasteiger partial charge in [-0.05, 0) is 57.2 Å². The molecule has 3 rings (SSSR count). The van der Waals surface area contributed by atoms with Crippen molar-refractivity contribution in [1.82, 2.24) is 4.90 Å². The van der Waals surface area contributed by atoms with E-state index in [1.807, 2.05) is 20.8 Å². The lowest BCUT2D eigenvalue weighted by Gasteiger charge is -2.58. The maximum absolute atomic E-state index is 12.6. The van der Waals surface area contributed by atoms with Crippen LogP contribution < -0.4 is 0 Å². The van der Waals surface area contributed by atoms with Crippen molar-refractivity contribution in [2.24, 2.45) is 5.41 Å². The molecule has 0 unspecified atom stereocenters. The van der Waals surface area contributed by atoms with Gasteiger partial charge in [-0.2, -0.15) is 13.2 Å². The molecule has 1 aromatic carbocycles. The van der Waals surface area contributed by atoms with E-state index in [9.17, 15) is 26.4 Å². The van der Waals surface area contributed by atoms with Crippen molar-refractivity contribution in [3.63, 3.8) is 0 Å². The maximum Gasteiger partial charge on any atom is 0.501 e. The second-order valence-corrected chi connectivity index (χ2v) is 10.4. The molecule has 1 spiro atoms. The fourth-order valence-electron chi connectivity index (χ4n) is 3.75. The third-order valence-corrected chi connectivity index (χ3v) is 6.53. The minimum Gasteiger partial charge on any atom is -0.444 e. The number of carbonyl (C=O) groups excluding carboxylic acids is 1. The van der Waals surface area contributed by atoms with Gasteiger partial charge in [0.15, 0.2) is 0 Å². The van der Waals surface area contributed by atoms with E-state index in [1.165, 1.54) is 12.1 Å². The topological polar surface area (TPSA) is 63.7 Å². The number of carbonyl (C=O) groups is 1. The summed E-state index contributed by atoms with van der Waals surface area (Å²) in [4.78, 5) is 12.9. The van der Waals surface area contributed by atoms with Gasteiger partial charge in [-0.3, -0.25) is 0 Å². The number of hydrogen-bond acceptors (Lipinski definition) is 4. The molecule has 1 amide bonds. The molecular formula is C18H22F3NO4S. The number of rotatable bonds is 2. The van der Waals surface area contributed by atoms with Crippen LogP contribution in [-0.4, -0.2) is 43.6 Å². The highest BCUT2D eigenvalue weighted by Gasteiger charge is 2.54. The van der Waals surface area contributed by atoms with Crippen molar-refractivity contribution >= 4 is 15.9 Å². The number of alkyl halides is 3. The van der Waals surface area contributed by atoms with Crippen LogP contribution in [0.25, 0.3) is 0 Å². The molecule has 1 aromatic rings. The van der Waals surface area contributed by atoms with Crippen molar-refractivity contribution < 1.29 is 31.1 Å². The Morgan fingerprint density at radius 3 is 2.07 bits per heavy atom. The number of benzene rings is 1. The number of nitrogens with zero attached hydrogens (tertiary/aromatic N) is 1. The van der Waals surface area contributed by atoms with Crippen LogP contribution in [0.15, 0.2) is 29.2 Å². The maximum atomic E-state index is 12.6. The van der Waals surface area contributed by atoms with Gasteiger partial charge in [0, 0.05) is 18.5 Å². The van der Waals surface area contributed by atoms with Crippen molar-refractivity contribution in [3.05, 3.63) is 29.8 Å². The van der Waals surface area contributed by atoms with Gasteiger partial charge in [0.25, 0.3) is 9.84 Å². The van der Waals surface area contributed by atoms with Gasteiger partial charge in [0.05, 0.1) is 4.90 Å². The van der Waals surface area contributed by atoms with Crippen LogP contribution in [0, 0.1) is 5.41 Å². The van der Waals surface area contributed by atoms with Crippen LogP contribution in [-0.2, 0) is 14.6 Å². The van der Waals surface area contributed by atoms with Gasteiger partial charge in [0.2, 0.25) is 0 Å². The van der Waals surface area contributed by atoms with E-state index in [0.717, 1.165) is 30.5 Å². The zero-order valence-corrected chi connectivity index (χ0v) is 16.2. The van der Waals surface area contributed by atoms with E-state index in [-0.39, 0.29) is 17.4 Å². The standard InChI is InChI=1S/C18H22F3NO4S/c1-16(2,3)26-15(23)22-10-17(11-22)8-13(9-17)12-4-6-14(7-5-12)27(24,25)18(19,20)21/h4-7,13H,8-11H2,1-3H3. The van der Waals surface area contributed by atoms with Crippen molar-refractivity contribution in [3.8, 4) is 0 Å². The van der Waals surface area contributed by atoms with Crippen LogP contribution in [0.5, 0.6) is 0 Å². The summed E-state index contributed by atoms with van der Waals surface area (Å²) in [5.41, 5.74) is -4.98. The second kappa shape index (κ2) is 6.12. The van der Waals surface area contributed by atoms with E-state index in [0.29, 0.717) is 13.1 Å². The van der Waals surface area contributed by atoms with E-state index in [1.54, 1.807) is 4.90 Å². The largest absolute Gasteiger partial charge is 0.501 e. The average molecular weight is 405 g/mol. The van der Waals surface area contributed by atoms with Crippen molar-refractivity contribution in [1.29, 1.82) is 0 Å². The Hall–Kier alpha value is -1.77. The minimum absolute atomic E-state index is 0.0400. The Morgan fingerprint density at radius 1 is 1.11 bits per heavy atom. The normalized spacial score (nSPS) is 20.1. The summed E-state index contributed by atoms with van der Waals surface area (Å²) in [6.07, 6.45) is 1.30. The fourth-order valence-corrected chi connectivity index (χ4v) is 4.51. The molecule has 27 heavy (non-hydrogen) atoms. The highest BCUT2D eigenvalue weighted by molar-refractivity contribution is 7.92. The molecule has 0 bridgehead atoms. The number of halogens is 3. The summed E-state index contributed by atoms with van der Waals surface area (Å²) >= 11 is 0. The summed E-state index contributed by atoms with van der Waals surface area (Å²) in [5.74, 6) is 0.161. The van der Waals surface area contributed by atoms with Gasteiger partial charge < -0.3 is 9.64 Å². The molecule has 9 heteroatoms. The summed E-state index contributed by atoms with van der Waals surface area (Å²) in [6.45, 7) is 6.64. The predicted octanol–water partition coefficient (Wildman–Crippen LogP) is 4.09. The molecule has 0 aromatic heterocycles. The van der Waals surface area contributed by atoms with E-state index in [2.05, 4.69) is 0 Å². The Bertz CT molecular complexity index is 827. The summed E-state index contributed by atoms with van der Waals surface area (Å²) < 4.78 is 65.9. The minimum atomic E-state index is -5.31. The van der Waals surface area contributed by atoms with Gasteiger partial charge in [0.1, 0.15) is 5.60 Å². The van der Waals surface area contributed by atoms with E-state index < -0.39 is 25.8 Å². The fraction of sp³-hybridized carbons (Fsp3) is 0.611. The van der Waals surface area contributed by atoms with Crippen LogP contribution in [0.2, 0.25) is 0 Å². The van der Waals surface area contributed by atoms with Crippen LogP contribution in [0.4, 0.5) is 18.0 Å². The molecule has 5 nitrogen and oxygen atoms in total. The predicted molar refractivity (Wildman–Crippen MR) is 91.9 cm³/mol. The molecular weight excluding hydrogens is 383 g/mol. The smallest absolute Gasteiger partial charge is 0.444 e. The highest BCUT2D eigenvalue weighted by atomic mass is 32.2. The zero-order valence-electron chi connectivity index (χ0n) is 15.3. The first-order valence-electron chi connectivity index (χ1n) is 8.62. The van der Waals surface area contributed by atoms with Gasteiger partial charge >= 0.3 is 11.6 Å². The quantitative estimate of drug-likeness (QED) is 0.743. The SMILES string of the molecule is CC(C)(C)OC(=O)N1CC2(CC(c3ccc(S(=O)(=O)C(F)(F)F)cc3)C2)C1. The lowest BCUT2D eigenvalue weighted by molar-refractivity contribution is -0.0786. The molecule has 0 radical (unpaired) electrons. The third-order valence-electron chi connectivity index (χ3n) is 5.03. The Morgan fingerprint density at radius 2 is 1.63 bits per heavy atom.